The number of piperazine rings is 1. The lowest BCUT2D eigenvalue weighted by molar-refractivity contribution is -0.137. The van der Waals surface area contributed by atoms with Crippen LogP contribution >= 0.6 is 0 Å². The number of esters is 1. The zero-order valence-corrected chi connectivity index (χ0v) is 40.1. The zero-order valence-electron chi connectivity index (χ0n) is 40.1. The SMILES string of the molecule is Cc1nn2c(c1-c1c(F)ccc3c(CCCOc4cccc5cc(F)ccc45)c(C(=O)OC(C)(C)C)n(CCN4CCN(C(=O)COc5cccc6c5CN(C5CCC(=O)NC5=O)C6=O)CC4)c13)OCC2. The number of carbonyl (C=O) groups excluding carboxylic acids is 5. The van der Waals surface area contributed by atoms with E-state index in [4.69, 9.17) is 18.9 Å². The topological polar surface area (TPSA) is 167 Å². The van der Waals surface area contributed by atoms with Crippen LogP contribution < -0.4 is 19.5 Å². The maximum atomic E-state index is 16.7. The monoisotopic (exact) mass is 971 g/mol. The summed E-state index contributed by atoms with van der Waals surface area (Å²) in [6, 6.07) is 17.4. The molecule has 2 fully saturated rings. The molecule has 10 rings (SSSR count). The second-order valence-electron chi connectivity index (χ2n) is 19.4. The number of hydrogen-bond donors (Lipinski definition) is 1. The summed E-state index contributed by atoms with van der Waals surface area (Å²) >= 11 is 0. The molecule has 6 heterocycles. The Morgan fingerprint density at radius 1 is 0.887 bits per heavy atom. The van der Waals surface area contributed by atoms with Gasteiger partial charge in [-0.25, -0.2) is 18.3 Å². The molecule has 0 saturated carbocycles. The van der Waals surface area contributed by atoms with E-state index in [0.717, 1.165) is 5.39 Å². The second-order valence-corrected chi connectivity index (χ2v) is 19.4. The quantitative estimate of drug-likeness (QED) is 0.0711. The van der Waals surface area contributed by atoms with Crippen LogP contribution in [0.4, 0.5) is 8.78 Å². The molecule has 4 aromatic carbocycles. The van der Waals surface area contributed by atoms with Crippen molar-refractivity contribution in [2.45, 2.75) is 84.7 Å². The molecule has 2 saturated heterocycles. The summed E-state index contributed by atoms with van der Waals surface area (Å²) in [5, 5.41) is 9.18. The molecule has 0 aliphatic carbocycles. The third-order valence-electron chi connectivity index (χ3n) is 13.6. The summed E-state index contributed by atoms with van der Waals surface area (Å²) in [4.78, 5) is 71.3. The Morgan fingerprint density at radius 2 is 1.66 bits per heavy atom. The van der Waals surface area contributed by atoms with Gasteiger partial charge in [0, 0.05) is 73.2 Å². The molecule has 1 unspecified atom stereocenters. The van der Waals surface area contributed by atoms with Crippen molar-refractivity contribution in [2.75, 3.05) is 52.5 Å². The minimum absolute atomic E-state index is 0.119. The summed E-state index contributed by atoms with van der Waals surface area (Å²) in [6.45, 7) is 10.9. The van der Waals surface area contributed by atoms with Crippen LogP contribution in [-0.2, 0) is 45.2 Å². The average Bonchev–Trinajstić information content (AvgIpc) is 4.09. The number of aromatic nitrogens is 3. The van der Waals surface area contributed by atoms with Gasteiger partial charge in [-0.3, -0.25) is 29.4 Å². The molecule has 0 spiro atoms. The van der Waals surface area contributed by atoms with Gasteiger partial charge in [-0.2, -0.15) is 5.10 Å². The molecule has 4 amide bonds. The number of nitrogens with zero attached hydrogens (tertiary/aromatic N) is 6. The number of amides is 4. The summed E-state index contributed by atoms with van der Waals surface area (Å²) < 4.78 is 58.9. The second kappa shape index (κ2) is 19.1. The molecule has 4 aliphatic heterocycles. The molecule has 4 aliphatic rings. The van der Waals surface area contributed by atoms with Crippen molar-refractivity contribution in [3.63, 3.8) is 0 Å². The number of hydrogen-bond acceptors (Lipinski definition) is 11. The van der Waals surface area contributed by atoms with Gasteiger partial charge in [-0.05, 0) is 106 Å². The Balaban J connectivity index is 0.880. The van der Waals surface area contributed by atoms with Crippen LogP contribution in [0.3, 0.4) is 0 Å². The van der Waals surface area contributed by atoms with E-state index in [1.807, 2.05) is 29.7 Å². The van der Waals surface area contributed by atoms with Crippen molar-refractivity contribution in [2.24, 2.45) is 0 Å². The van der Waals surface area contributed by atoms with Crippen molar-refractivity contribution in [3.8, 4) is 28.5 Å². The van der Waals surface area contributed by atoms with E-state index < -0.39 is 29.3 Å². The van der Waals surface area contributed by atoms with Gasteiger partial charge in [-0.15, -0.1) is 0 Å². The minimum Gasteiger partial charge on any atom is -0.493 e. The maximum absolute atomic E-state index is 16.7. The highest BCUT2D eigenvalue weighted by Gasteiger charge is 2.41. The normalized spacial score (nSPS) is 17.2. The fourth-order valence-corrected chi connectivity index (χ4v) is 10.3. The number of ether oxygens (including phenoxy) is 4. The van der Waals surface area contributed by atoms with Gasteiger partial charge in [0.05, 0.1) is 36.5 Å². The molecular weight excluding hydrogens is 917 g/mol. The Hall–Kier alpha value is -7.34. The van der Waals surface area contributed by atoms with E-state index in [2.05, 4.69) is 15.3 Å². The number of piperidine rings is 1. The van der Waals surface area contributed by atoms with Crippen LogP contribution in [0, 0.1) is 18.6 Å². The number of rotatable bonds is 14. The summed E-state index contributed by atoms with van der Waals surface area (Å²) in [6.07, 6.45) is 1.24. The van der Waals surface area contributed by atoms with Crippen LogP contribution in [0.2, 0.25) is 0 Å². The first-order valence-corrected chi connectivity index (χ1v) is 24.1. The van der Waals surface area contributed by atoms with Crippen LogP contribution in [0.15, 0.2) is 66.7 Å². The van der Waals surface area contributed by atoms with Crippen molar-refractivity contribution < 1.29 is 51.7 Å². The van der Waals surface area contributed by atoms with Crippen LogP contribution in [-0.4, -0.2) is 123 Å². The highest BCUT2D eigenvalue weighted by molar-refractivity contribution is 6.07. The number of carbonyl (C=O) groups is 5. The zero-order chi connectivity index (χ0) is 49.7. The molecule has 71 heavy (non-hydrogen) atoms. The van der Waals surface area contributed by atoms with Gasteiger partial charge in [-0.1, -0.05) is 18.2 Å². The number of benzene rings is 4. The summed E-state index contributed by atoms with van der Waals surface area (Å²) in [7, 11) is 0. The number of imide groups is 1. The summed E-state index contributed by atoms with van der Waals surface area (Å²) in [5.74, 6) is -1.35. The Labute approximate surface area is 408 Å². The van der Waals surface area contributed by atoms with E-state index in [1.54, 1.807) is 60.7 Å². The first-order chi connectivity index (χ1) is 34.1. The highest BCUT2D eigenvalue weighted by atomic mass is 19.1. The van der Waals surface area contributed by atoms with Crippen LogP contribution in [0.25, 0.3) is 32.8 Å². The van der Waals surface area contributed by atoms with E-state index in [1.165, 1.54) is 23.1 Å². The molecular formula is C53H55F2N7O9. The first kappa shape index (κ1) is 47.3. The molecule has 1 N–H and O–H groups in total. The number of fused-ring (bicyclic) bond motifs is 4. The number of aryl methyl sites for hydroxylation is 2. The maximum Gasteiger partial charge on any atom is 0.355 e. The number of nitrogens with one attached hydrogen (secondary N) is 1. The largest absolute Gasteiger partial charge is 0.493 e. The van der Waals surface area contributed by atoms with Crippen molar-refractivity contribution in [3.05, 3.63) is 106 Å². The molecule has 2 aromatic heterocycles. The predicted molar refractivity (Wildman–Crippen MR) is 257 cm³/mol. The predicted octanol–water partition coefficient (Wildman–Crippen LogP) is 6.59. The molecule has 370 valence electrons. The highest BCUT2D eigenvalue weighted by Crippen LogP contribution is 2.44. The van der Waals surface area contributed by atoms with Gasteiger partial charge in [0.25, 0.3) is 11.8 Å². The fourth-order valence-electron chi connectivity index (χ4n) is 10.3. The molecule has 0 radical (unpaired) electrons. The molecule has 16 nitrogen and oxygen atoms in total. The fraction of sp³-hybridized carbons (Fsp3) is 0.396. The third-order valence-corrected chi connectivity index (χ3v) is 13.6. The van der Waals surface area contributed by atoms with Gasteiger partial charge in [0.1, 0.15) is 47.1 Å². The first-order valence-electron chi connectivity index (χ1n) is 24.1. The summed E-state index contributed by atoms with van der Waals surface area (Å²) in [5.41, 5.74) is 3.05. The molecule has 1 atom stereocenters. The van der Waals surface area contributed by atoms with Crippen molar-refractivity contribution >= 4 is 51.3 Å². The Bertz CT molecular complexity index is 3130. The molecule has 18 heteroatoms. The lowest BCUT2D eigenvalue weighted by Gasteiger charge is -2.35. The van der Waals surface area contributed by atoms with Gasteiger partial charge < -0.3 is 33.3 Å². The van der Waals surface area contributed by atoms with Crippen molar-refractivity contribution in [1.29, 1.82) is 0 Å². The molecule has 6 aromatic rings. The lowest BCUT2D eigenvalue weighted by Crippen LogP contribution is -2.52. The smallest absolute Gasteiger partial charge is 0.355 e. The average molecular weight is 972 g/mol. The van der Waals surface area contributed by atoms with E-state index in [-0.39, 0.29) is 68.2 Å². The van der Waals surface area contributed by atoms with E-state index >= 15 is 4.39 Å². The van der Waals surface area contributed by atoms with Crippen molar-refractivity contribution in [1.82, 2.24) is 34.4 Å². The standard InChI is InChI=1S/C53H55F2N7O9/c1-31-45(51-62(57-31)25-27-69-51)46-39(55)16-15-36-35(10-7-26-68-41-11-5-8-32-28-33(54)13-14-34(32)41)48(52(67)71-53(2,3)4)60(47(36)46)24-21-58-19-22-59(23-20-58)44(64)30-70-42-12-6-9-37-38(42)29-61(50(37)66)40-17-18-43(63)56-49(40)65/h5-6,8-9,11-16,28,40H,7,10,17-27,29-30H2,1-4H3,(H,56,63,65). The molecule has 0 bridgehead atoms. The van der Waals surface area contributed by atoms with Gasteiger partial charge >= 0.3 is 5.97 Å². The van der Waals surface area contributed by atoms with Gasteiger partial charge in [0.2, 0.25) is 17.7 Å². The minimum atomic E-state index is -0.848. The Kier molecular flexibility index (Phi) is 12.7. The lowest BCUT2D eigenvalue weighted by atomic mass is 9.99. The Morgan fingerprint density at radius 3 is 2.45 bits per heavy atom. The third kappa shape index (κ3) is 9.28. The number of halogens is 2. The van der Waals surface area contributed by atoms with Crippen LogP contribution in [0.5, 0.6) is 17.4 Å². The van der Waals surface area contributed by atoms with Gasteiger partial charge in [0.15, 0.2) is 6.61 Å². The van der Waals surface area contributed by atoms with E-state index in [0.29, 0.717) is 126 Å². The van der Waals surface area contributed by atoms with E-state index in [9.17, 15) is 28.4 Å². The van der Waals surface area contributed by atoms with Crippen LogP contribution in [0.1, 0.15) is 77.7 Å².